The summed E-state index contributed by atoms with van der Waals surface area (Å²) in [6, 6.07) is 0. The van der Waals surface area contributed by atoms with Crippen LogP contribution in [0.5, 0.6) is 0 Å². The van der Waals surface area contributed by atoms with E-state index in [1.807, 2.05) is 0 Å². The van der Waals surface area contributed by atoms with Crippen LogP contribution < -0.4 is 0 Å². The number of carbonyl (C=O) groups excluding carboxylic acids is 6. The van der Waals surface area contributed by atoms with Crippen molar-refractivity contribution in [1.29, 1.82) is 0 Å². The van der Waals surface area contributed by atoms with E-state index >= 15 is 0 Å². The number of esters is 6. The Labute approximate surface area is 219 Å². The molecule has 218 valence electrons. The first-order chi connectivity index (χ1) is 17.6. The fourth-order valence-electron chi connectivity index (χ4n) is 2.32. The van der Waals surface area contributed by atoms with E-state index in [0.29, 0.717) is 0 Å². The molecule has 3 atom stereocenters. The largest absolute Gasteiger partial charge is 0.475 e. The highest BCUT2D eigenvalue weighted by molar-refractivity contribution is 7.48. The average molecular weight is 572 g/mol. The summed E-state index contributed by atoms with van der Waals surface area (Å²) in [7, 11) is -4.65. The molecule has 0 heterocycles. The summed E-state index contributed by atoms with van der Waals surface area (Å²) in [5.74, 6) is -4.38. The van der Waals surface area contributed by atoms with Crippen LogP contribution in [-0.4, -0.2) is 93.8 Å². The number of rotatable bonds is 18. The van der Waals surface area contributed by atoms with E-state index in [1.54, 1.807) is 0 Å². The minimum absolute atomic E-state index is 0.458. The Morgan fingerprint density at radius 3 is 0.868 bits per heavy atom. The zero-order valence-electron chi connectivity index (χ0n) is 22.0. The van der Waals surface area contributed by atoms with Crippen molar-refractivity contribution in [3.63, 3.8) is 0 Å². The third-order valence-corrected chi connectivity index (χ3v) is 5.07. The van der Waals surface area contributed by atoms with Crippen molar-refractivity contribution >= 4 is 43.6 Å². The Kier molecular flexibility index (Phi) is 16.8. The zero-order valence-corrected chi connectivity index (χ0v) is 22.8. The summed E-state index contributed by atoms with van der Waals surface area (Å²) >= 11 is 0. The Morgan fingerprint density at radius 2 is 0.684 bits per heavy atom. The fraction of sp³-hybridized carbons (Fsp3) is 0.714. The minimum atomic E-state index is -4.65. The van der Waals surface area contributed by atoms with Gasteiger partial charge in [-0.15, -0.1) is 0 Å². The van der Waals surface area contributed by atoms with Gasteiger partial charge in [-0.25, -0.2) is 4.57 Å². The summed E-state index contributed by atoms with van der Waals surface area (Å²) in [5, 5.41) is 0. The second kappa shape index (κ2) is 18.2. The average Bonchev–Trinajstić information content (AvgIpc) is 2.78. The van der Waals surface area contributed by atoms with Gasteiger partial charge in [0.25, 0.3) is 0 Å². The minimum Gasteiger partial charge on any atom is -0.462 e. The molecule has 0 N–H and O–H groups in total. The van der Waals surface area contributed by atoms with Gasteiger partial charge in [0.2, 0.25) is 0 Å². The van der Waals surface area contributed by atoms with Crippen LogP contribution >= 0.6 is 7.82 Å². The van der Waals surface area contributed by atoms with Crippen molar-refractivity contribution in [2.24, 2.45) is 0 Å². The van der Waals surface area contributed by atoms with E-state index in [2.05, 4.69) is 0 Å². The lowest BCUT2D eigenvalue weighted by atomic mass is 10.4. The molecule has 0 bridgehead atoms. The molecule has 0 aliphatic carbocycles. The van der Waals surface area contributed by atoms with Gasteiger partial charge < -0.3 is 28.4 Å². The maximum absolute atomic E-state index is 13.4. The quantitative estimate of drug-likeness (QED) is 0.125. The molecule has 0 aromatic carbocycles. The van der Waals surface area contributed by atoms with Crippen LogP contribution in [0.3, 0.4) is 0 Å². The van der Waals surface area contributed by atoms with Gasteiger partial charge >= 0.3 is 43.6 Å². The Morgan fingerprint density at radius 1 is 0.447 bits per heavy atom. The summed E-state index contributed by atoms with van der Waals surface area (Å²) in [6.45, 7) is 3.20. The van der Waals surface area contributed by atoms with Crippen LogP contribution in [0.4, 0.5) is 0 Å². The van der Waals surface area contributed by atoms with Gasteiger partial charge in [-0.2, -0.15) is 0 Å². The maximum atomic E-state index is 13.4. The van der Waals surface area contributed by atoms with Crippen molar-refractivity contribution in [3.8, 4) is 0 Å². The first-order valence-corrected chi connectivity index (χ1v) is 12.5. The van der Waals surface area contributed by atoms with E-state index in [1.165, 1.54) is 0 Å². The molecule has 0 amide bonds. The molecule has 0 aromatic heterocycles. The highest BCUT2D eigenvalue weighted by Gasteiger charge is 2.33. The molecule has 0 saturated heterocycles. The lowest BCUT2D eigenvalue weighted by Crippen LogP contribution is -2.31. The molecule has 0 fully saturated rings. The second-order valence-corrected chi connectivity index (χ2v) is 9.11. The highest BCUT2D eigenvalue weighted by atomic mass is 31.2. The molecule has 38 heavy (non-hydrogen) atoms. The highest BCUT2D eigenvalue weighted by Crippen LogP contribution is 2.50. The molecule has 17 heteroatoms. The van der Waals surface area contributed by atoms with E-state index < -0.39 is 102 Å². The topological polar surface area (TPSA) is 203 Å². The lowest BCUT2D eigenvalue weighted by Gasteiger charge is -2.25. The van der Waals surface area contributed by atoms with Crippen LogP contribution in [0.15, 0.2) is 0 Å². The number of carbonyl (C=O) groups is 6. The fourth-order valence-corrected chi connectivity index (χ4v) is 3.59. The molecule has 0 radical (unpaired) electrons. The van der Waals surface area contributed by atoms with Gasteiger partial charge in [0.15, 0.2) is 18.3 Å². The standard InChI is InChI=1S/C21H33O16P/c1-13(22)29-7-19(35-16(4)25)10-32-38(28,33-11-20(36-17(5)26)8-30-14(2)23)34-12-21(37-18(6)27)9-31-15(3)24/h19-21H,7-12H2,1-6H3. The summed E-state index contributed by atoms with van der Waals surface area (Å²) in [5.41, 5.74) is 0. The number of hydrogen-bond donors (Lipinski definition) is 0. The smallest absolute Gasteiger partial charge is 0.462 e. The van der Waals surface area contributed by atoms with Crippen molar-refractivity contribution in [3.05, 3.63) is 0 Å². The molecule has 0 aliphatic rings. The van der Waals surface area contributed by atoms with Gasteiger partial charge in [-0.3, -0.25) is 42.3 Å². The van der Waals surface area contributed by atoms with E-state index in [9.17, 15) is 33.3 Å². The van der Waals surface area contributed by atoms with Gasteiger partial charge in [-0.1, -0.05) is 0 Å². The first-order valence-electron chi connectivity index (χ1n) is 11.1. The molecular formula is C21H33O16P. The van der Waals surface area contributed by atoms with Crippen LogP contribution in [0.2, 0.25) is 0 Å². The van der Waals surface area contributed by atoms with Crippen molar-refractivity contribution in [2.45, 2.75) is 59.9 Å². The predicted molar refractivity (Wildman–Crippen MR) is 122 cm³/mol. The normalized spacial score (nSPS) is 14.6. The van der Waals surface area contributed by atoms with Gasteiger partial charge in [0.05, 0.1) is 19.8 Å². The molecule has 16 nitrogen and oxygen atoms in total. The second-order valence-electron chi connectivity index (χ2n) is 7.44. The Balaban J connectivity index is 5.69. The zero-order chi connectivity index (χ0) is 29.3. The van der Waals surface area contributed by atoms with Crippen molar-refractivity contribution in [1.82, 2.24) is 0 Å². The lowest BCUT2D eigenvalue weighted by molar-refractivity contribution is -0.160. The van der Waals surface area contributed by atoms with Crippen molar-refractivity contribution in [2.75, 3.05) is 39.6 Å². The molecule has 3 unspecified atom stereocenters. The Bertz CT molecular complexity index is 762. The molecule has 0 aliphatic heterocycles. The van der Waals surface area contributed by atoms with E-state index in [-0.39, 0.29) is 0 Å². The molecule has 0 aromatic rings. The summed E-state index contributed by atoms with van der Waals surface area (Å²) in [4.78, 5) is 67.5. The predicted octanol–water partition coefficient (Wildman–Crippen LogP) is 0.629. The van der Waals surface area contributed by atoms with Crippen LogP contribution in [-0.2, 0) is 75.3 Å². The molecule has 0 spiro atoms. The van der Waals surface area contributed by atoms with Crippen LogP contribution in [0.25, 0.3) is 0 Å². The SMILES string of the molecule is CC(=O)OCC(COP(=O)(OCC(COC(C)=O)OC(C)=O)OCC(COC(C)=O)OC(C)=O)OC(C)=O. The first kappa shape index (κ1) is 34.9. The monoisotopic (exact) mass is 572 g/mol. The number of phosphoric acid groups is 1. The van der Waals surface area contributed by atoms with Gasteiger partial charge in [0.1, 0.15) is 19.8 Å². The molecule has 0 rings (SSSR count). The number of hydrogen-bond acceptors (Lipinski definition) is 16. The van der Waals surface area contributed by atoms with Crippen molar-refractivity contribution < 1.29 is 75.3 Å². The third-order valence-electron chi connectivity index (χ3n) is 3.67. The van der Waals surface area contributed by atoms with E-state index in [0.717, 1.165) is 41.5 Å². The van der Waals surface area contributed by atoms with Crippen LogP contribution in [0, 0.1) is 0 Å². The van der Waals surface area contributed by atoms with E-state index in [4.69, 9.17) is 42.0 Å². The third kappa shape index (κ3) is 19.1. The summed E-state index contributed by atoms with van der Waals surface area (Å²) in [6.07, 6.45) is -3.69. The maximum Gasteiger partial charge on any atom is 0.475 e. The Hall–Kier alpha value is -3.07. The van der Waals surface area contributed by atoms with Crippen LogP contribution in [0.1, 0.15) is 41.5 Å². The molecule has 0 saturated carbocycles. The number of ether oxygens (including phenoxy) is 6. The molecular weight excluding hydrogens is 539 g/mol. The van der Waals surface area contributed by atoms with Gasteiger partial charge in [0, 0.05) is 41.5 Å². The number of phosphoric ester groups is 1. The summed E-state index contributed by atoms with van der Waals surface area (Å²) < 4.78 is 58.3. The van der Waals surface area contributed by atoms with Gasteiger partial charge in [-0.05, 0) is 0 Å².